The number of hydrogen-bond donors (Lipinski definition) is 2. The Bertz CT molecular complexity index is 1120. The molecule has 0 aliphatic carbocycles. The number of carbonyl (C=O) groups excluding carboxylic acids is 1. The molecule has 146 valence electrons. The molecule has 0 aliphatic rings. The summed E-state index contributed by atoms with van der Waals surface area (Å²) in [7, 11) is 0. The summed E-state index contributed by atoms with van der Waals surface area (Å²) < 4.78 is 1.13. The van der Waals surface area contributed by atoms with Crippen molar-refractivity contribution in [2.75, 3.05) is 0 Å². The van der Waals surface area contributed by atoms with Gasteiger partial charge in [0.05, 0.1) is 16.9 Å². The number of aromatic amines is 1. The van der Waals surface area contributed by atoms with E-state index < -0.39 is 5.69 Å². The van der Waals surface area contributed by atoms with Crippen molar-refractivity contribution < 1.29 is 4.79 Å². The van der Waals surface area contributed by atoms with Crippen LogP contribution >= 0.6 is 0 Å². The number of fused-ring (bicyclic) bond motifs is 1. The number of H-pyrrole nitrogens is 1. The zero-order valence-corrected chi connectivity index (χ0v) is 16.6. The molecule has 3 aromatic rings. The molecule has 3 rings (SSSR count). The molecule has 2 N–H and O–H groups in total. The van der Waals surface area contributed by atoms with E-state index in [2.05, 4.69) is 31.1 Å². The standard InChI is InChI=1S/C22H25N3O3/c1-5-25-20(27)16-12-11-15(13-17(16)23-21(25)28)19(26)24-18(22(2,3)4)14-9-7-6-8-10-14/h6-13,18H,5H2,1-4H3,(H,23,28)(H,24,26). The van der Waals surface area contributed by atoms with Crippen LogP contribution in [-0.4, -0.2) is 15.5 Å². The maximum Gasteiger partial charge on any atom is 0.328 e. The van der Waals surface area contributed by atoms with Crippen molar-refractivity contribution in [1.82, 2.24) is 14.9 Å². The lowest BCUT2D eigenvalue weighted by atomic mass is 9.82. The molecule has 28 heavy (non-hydrogen) atoms. The molecular weight excluding hydrogens is 354 g/mol. The lowest BCUT2D eigenvalue weighted by Crippen LogP contribution is -2.37. The van der Waals surface area contributed by atoms with Crippen LogP contribution in [0.4, 0.5) is 0 Å². The summed E-state index contributed by atoms with van der Waals surface area (Å²) >= 11 is 0. The van der Waals surface area contributed by atoms with Crippen molar-refractivity contribution >= 4 is 16.8 Å². The molecule has 0 saturated carbocycles. The van der Waals surface area contributed by atoms with Crippen LogP contribution in [0.1, 0.15) is 49.7 Å². The van der Waals surface area contributed by atoms with Gasteiger partial charge in [0.25, 0.3) is 11.5 Å². The number of nitrogens with one attached hydrogen (secondary N) is 2. The highest BCUT2D eigenvalue weighted by Crippen LogP contribution is 2.32. The first kappa shape index (κ1) is 19.6. The zero-order chi connectivity index (χ0) is 20.5. The van der Waals surface area contributed by atoms with Gasteiger partial charge in [-0.25, -0.2) is 4.79 Å². The van der Waals surface area contributed by atoms with Crippen molar-refractivity contribution in [3.05, 3.63) is 80.5 Å². The van der Waals surface area contributed by atoms with Gasteiger partial charge in [-0.2, -0.15) is 0 Å². The summed E-state index contributed by atoms with van der Waals surface area (Å²) in [5.41, 5.74) is 0.737. The van der Waals surface area contributed by atoms with Crippen molar-refractivity contribution in [3.8, 4) is 0 Å². The van der Waals surface area contributed by atoms with Gasteiger partial charge in [-0.05, 0) is 36.1 Å². The summed E-state index contributed by atoms with van der Waals surface area (Å²) in [5, 5.41) is 3.47. The maximum absolute atomic E-state index is 12.9. The third-order valence-electron chi connectivity index (χ3n) is 4.83. The topological polar surface area (TPSA) is 84.0 Å². The first-order chi connectivity index (χ1) is 13.2. The molecule has 0 spiro atoms. The molecule has 0 saturated heterocycles. The molecule has 0 fully saturated rings. The second-order valence-electron chi connectivity index (χ2n) is 7.92. The smallest absolute Gasteiger partial charge is 0.328 e. The normalized spacial score (nSPS) is 12.7. The van der Waals surface area contributed by atoms with Gasteiger partial charge in [0.2, 0.25) is 0 Å². The van der Waals surface area contributed by atoms with Gasteiger partial charge in [-0.1, -0.05) is 51.1 Å². The average molecular weight is 379 g/mol. The Morgan fingerprint density at radius 2 is 1.79 bits per heavy atom. The number of rotatable bonds is 4. The number of carbonyl (C=O) groups is 1. The highest BCUT2D eigenvalue weighted by Gasteiger charge is 2.28. The van der Waals surface area contributed by atoms with Crippen LogP contribution in [0.2, 0.25) is 0 Å². The SMILES string of the molecule is CCn1c(=O)[nH]c2cc(C(=O)NC(c3ccccc3)C(C)(C)C)ccc2c1=O. The quantitative estimate of drug-likeness (QED) is 0.730. The van der Waals surface area contributed by atoms with Gasteiger partial charge < -0.3 is 10.3 Å². The molecule has 6 heteroatoms. The molecule has 1 amide bonds. The first-order valence-electron chi connectivity index (χ1n) is 9.35. The first-order valence-corrected chi connectivity index (χ1v) is 9.35. The van der Waals surface area contributed by atoms with Crippen LogP contribution in [0.3, 0.4) is 0 Å². The molecule has 0 aliphatic heterocycles. The van der Waals surface area contributed by atoms with E-state index in [1.54, 1.807) is 25.1 Å². The van der Waals surface area contributed by atoms with Gasteiger partial charge in [0, 0.05) is 12.1 Å². The minimum atomic E-state index is -0.477. The van der Waals surface area contributed by atoms with E-state index in [0.717, 1.165) is 10.1 Å². The Balaban J connectivity index is 1.99. The third kappa shape index (κ3) is 3.76. The maximum atomic E-state index is 12.9. The molecule has 1 unspecified atom stereocenters. The highest BCUT2D eigenvalue weighted by molar-refractivity contribution is 5.97. The minimum absolute atomic E-state index is 0.191. The van der Waals surface area contributed by atoms with E-state index in [4.69, 9.17) is 0 Å². The Labute approximate surface area is 163 Å². The molecular formula is C22H25N3O3. The average Bonchev–Trinajstić information content (AvgIpc) is 2.65. The summed E-state index contributed by atoms with van der Waals surface area (Å²) in [6, 6.07) is 14.4. The predicted molar refractivity (Wildman–Crippen MR) is 111 cm³/mol. The molecule has 1 atom stereocenters. The largest absolute Gasteiger partial charge is 0.345 e. The second-order valence-corrected chi connectivity index (χ2v) is 7.92. The van der Waals surface area contributed by atoms with Crippen LogP contribution < -0.4 is 16.6 Å². The third-order valence-corrected chi connectivity index (χ3v) is 4.83. The van der Waals surface area contributed by atoms with Crippen molar-refractivity contribution in [2.24, 2.45) is 5.41 Å². The molecule has 6 nitrogen and oxygen atoms in total. The molecule has 0 radical (unpaired) electrons. The van der Waals surface area contributed by atoms with E-state index in [1.165, 1.54) is 0 Å². The van der Waals surface area contributed by atoms with Crippen LogP contribution in [0.5, 0.6) is 0 Å². The summed E-state index contributed by atoms with van der Waals surface area (Å²) in [5.74, 6) is -0.258. The Hall–Kier alpha value is -3.15. The molecule has 2 aromatic carbocycles. The number of aromatic nitrogens is 2. The number of benzene rings is 2. The van der Waals surface area contributed by atoms with Gasteiger partial charge >= 0.3 is 5.69 Å². The molecule has 0 bridgehead atoms. The van der Waals surface area contributed by atoms with Gasteiger partial charge in [0.1, 0.15) is 0 Å². The monoisotopic (exact) mass is 379 g/mol. The number of nitrogens with zero attached hydrogens (tertiary/aromatic N) is 1. The van der Waals surface area contributed by atoms with E-state index in [9.17, 15) is 14.4 Å². The van der Waals surface area contributed by atoms with Crippen LogP contribution in [0.15, 0.2) is 58.1 Å². The Morgan fingerprint density at radius 3 is 2.39 bits per heavy atom. The van der Waals surface area contributed by atoms with E-state index >= 15 is 0 Å². The highest BCUT2D eigenvalue weighted by atomic mass is 16.2. The van der Waals surface area contributed by atoms with Gasteiger partial charge in [0.15, 0.2) is 0 Å². The Morgan fingerprint density at radius 1 is 1.11 bits per heavy atom. The number of hydrogen-bond acceptors (Lipinski definition) is 3. The lowest BCUT2D eigenvalue weighted by molar-refractivity contribution is 0.0902. The van der Waals surface area contributed by atoms with Gasteiger partial charge in [-0.15, -0.1) is 0 Å². The number of amides is 1. The molecule has 1 aromatic heterocycles. The second kappa shape index (κ2) is 7.46. The minimum Gasteiger partial charge on any atom is -0.345 e. The van der Waals surface area contributed by atoms with E-state index in [0.29, 0.717) is 16.5 Å². The van der Waals surface area contributed by atoms with Crippen molar-refractivity contribution in [2.45, 2.75) is 40.3 Å². The Kier molecular flexibility index (Phi) is 5.23. The summed E-state index contributed by atoms with van der Waals surface area (Å²) in [4.78, 5) is 40.1. The predicted octanol–water partition coefficient (Wildman–Crippen LogP) is 3.23. The summed E-state index contributed by atoms with van der Waals surface area (Å²) in [6.07, 6.45) is 0. The fraction of sp³-hybridized carbons (Fsp3) is 0.318. The van der Waals surface area contributed by atoms with Crippen molar-refractivity contribution in [3.63, 3.8) is 0 Å². The van der Waals surface area contributed by atoms with Gasteiger partial charge in [-0.3, -0.25) is 14.2 Å². The van der Waals surface area contributed by atoms with E-state index in [-0.39, 0.29) is 29.5 Å². The van der Waals surface area contributed by atoms with Crippen LogP contribution in [0.25, 0.3) is 10.9 Å². The van der Waals surface area contributed by atoms with E-state index in [1.807, 2.05) is 30.3 Å². The van der Waals surface area contributed by atoms with Crippen LogP contribution in [0, 0.1) is 5.41 Å². The lowest BCUT2D eigenvalue weighted by Gasteiger charge is -2.32. The summed E-state index contributed by atoms with van der Waals surface area (Å²) in [6.45, 7) is 8.22. The molecule has 1 heterocycles. The van der Waals surface area contributed by atoms with Crippen molar-refractivity contribution in [1.29, 1.82) is 0 Å². The fourth-order valence-electron chi connectivity index (χ4n) is 3.34. The fourth-order valence-corrected chi connectivity index (χ4v) is 3.34. The van der Waals surface area contributed by atoms with Crippen LogP contribution in [-0.2, 0) is 6.54 Å². The zero-order valence-electron chi connectivity index (χ0n) is 16.6.